The average molecular weight is 256 g/mol. The number of rotatable bonds is 7. The minimum absolute atomic E-state index is 0.0365. The topological polar surface area (TPSA) is 41.6 Å². The molecule has 1 aliphatic heterocycles. The van der Waals surface area contributed by atoms with Gasteiger partial charge in [-0.1, -0.05) is 13.8 Å². The predicted molar refractivity (Wildman–Crippen MR) is 73.6 cm³/mol. The van der Waals surface area contributed by atoms with Crippen LogP contribution in [0, 0.1) is 0 Å². The van der Waals surface area contributed by atoms with E-state index in [2.05, 4.69) is 24.1 Å². The molecule has 1 N–H and O–H groups in total. The zero-order valence-electron chi connectivity index (χ0n) is 12.1. The van der Waals surface area contributed by atoms with Crippen molar-refractivity contribution in [3.8, 4) is 0 Å². The number of carbonyl (C=O) groups is 1. The van der Waals surface area contributed by atoms with Gasteiger partial charge in [-0.15, -0.1) is 0 Å². The van der Waals surface area contributed by atoms with Gasteiger partial charge in [-0.2, -0.15) is 0 Å². The standard InChI is InChI=1S/C14H28N2O2/c1-4-9-16-10-7-14(8-11-16,15-5-2)12-13(17)18-6-3/h15H,4-12H2,1-3H3. The van der Waals surface area contributed by atoms with E-state index in [1.54, 1.807) is 0 Å². The first-order chi connectivity index (χ1) is 8.65. The first kappa shape index (κ1) is 15.4. The second-order valence-corrected chi connectivity index (χ2v) is 5.13. The Hall–Kier alpha value is -0.610. The van der Waals surface area contributed by atoms with Crippen LogP contribution in [-0.2, 0) is 9.53 Å². The number of esters is 1. The van der Waals surface area contributed by atoms with E-state index in [1.807, 2.05) is 6.92 Å². The molecule has 1 rings (SSSR count). The van der Waals surface area contributed by atoms with E-state index in [0.717, 1.165) is 32.5 Å². The van der Waals surface area contributed by atoms with E-state index >= 15 is 0 Å². The maximum atomic E-state index is 11.7. The van der Waals surface area contributed by atoms with Crippen LogP contribution >= 0.6 is 0 Å². The second-order valence-electron chi connectivity index (χ2n) is 5.13. The van der Waals surface area contributed by atoms with Gasteiger partial charge in [0.15, 0.2) is 0 Å². The minimum Gasteiger partial charge on any atom is -0.466 e. The van der Waals surface area contributed by atoms with Crippen molar-refractivity contribution in [3.63, 3.8) is 0 Å². The normalized spacial score (nSPS) is 19.7. The van der Waals surface area contributed by atoms with Crippen LogP contribution in [0.5, 0.6) is 0 Å². The van der Waals surface area contributed by atoms with Gasteiger partial charge in [-0.3, -0.25) is 4.79 Å². The summed E-state index contributed by atoms with van der Waals surface area (Å²) in [5.74, 6) is -0.0672. The zero-order chi connectivity index (χ0) is 13.4. The summed E-state index contributed by atoms with van der Waals surface area (Å²) in [4.78, 5) is 14.2. The van der Waals surface area contributed by atoms with Gasteiger partial charge in [0.1, 0.15) is 0 Å². The Bertz CT molecular complexity index is 248. The Kier molecular flexibility index (Phi) is 6.65. The summed E-state index contributed by atoms with van der Waals surface area (Å²) in [5, 5.41) is 3.52. The first-order valence-electron chi connectivity index (χ1n) is 7.28. The van der Waals surface area contributed by atoms with E-state index < -0.39 is 0 Å². The van der Waals surface area contributed by atoms with Crippen LogP contribution in [0.25, 0.3) is 0 Å². The highest BCUT2D eigenvalue weighted by atomic mass is 16.5. The number of hydrogen-bond donors (Lipinski definition) is 1. The highest BCUT2D eigenvalue weighted by Gasteiger charge is 2.35. The molecule has 0 aromatic carbocycles. The average Bonchev–Trinajstić information content (AvgIpc) is 2.33. The molecule has 1 fully saturated rings. The van der Waals surface area contributed by atoms with E-state index in [-0.39, 0.29) is 11.5 Å². The SMILES string of the molecule is CCCN1CCC(CC(=O)OCC)(NCC)CC1. The number of hydrogen-bond acceptors (Lipinski definition) is 4. The van der Waals surface area contributed by atoms with Crippen molar-refractivity contribution in [1.82, 2.24) is 10.2 Å². The summed E-state index contributed by atoms with van der Waals surface area (Å²) in [7, 11) is 0. The Morgan fingerprint density at radius 3 is 2.44 bits per heavy atom. The van der Waals surface area contributed by atoms with Gasteiger partial charge in [0.05, 0.1) is 13.0 Å². The molecule has 106 valence electrons. The van der Waals surface area contributed by atoms with Gasteiger partial charge in [0.2, 0.25) is 0 Å². The minimum atomic E-state index is -0.0672. The molecule has 4 nitrogen and oxygen atoms in total. The van der Waals surface area contributed by atoms with Crippen molar-refractivity contribution in [1.29, 1.82) is 0 Å². The molecule has 0 radical (unpaired) electrons. The molecule has 1 aliphatic rings. The molecule has 18 heavy (non-hydrogen) atoms. The summed E-state index contributed by atoms with van der Waals surface area (Å²) in [5.41, 5.74) is -0.0365. The number of likely N-dealkylation sites (tertiary alicyclic amines) is 1. The van der Waals surface area contributed by atoms with Gasteiger partial charge in [0.25, 0.3) is 0 Å². The Labute approximate surface area is 111 Å². The molecule has 0 saturated carbocycles. The maximum Gasteiger partial charge on any atom is 0.307 e. The zero-order valence-corrected chi connectivity index (χ0v) is 12.1. The third kappa shape index (κ3) is 4.58. The van der Waals surface area contributed by atoms with E-state index in [4.69, 9.17) is 4.74 Å². The van der Waals surface area contributed by atoms with Gasteiger partial charge in [-0.05, 0) is 52.4 Å². The quantitative estimate of drug-likeness (QED) is 0.705. The number of carbonyl (C=O) groups excluding carboxylic acids is 1. The molecule has 1 heterocycles. The monoisotopic (exact) mass is 256 g/mol. The Morgan fingerprint density at radius 1 is 1.28 bits per heavy atom. The fourth-order valence-corrected chi connectivity index (χ4v) is 2.80. The van der Waals surface area contributed by atoms with Crippen LogP contribution in [0.3, 0.4) is 0 Å². The van der Waals surface area contributed by atoms with Gasteiger partial charge in [0, 0.05) is 5.54 Å². The van der Waals surface area contributed by atoms with Crippen LogP contribution in [-0.4, -0.2) is 49.2 Å². The lowest BCUT2D eigenvalue weighted by atomic mass is 9.84. The molecule has 0 aromatic rings. The molecular formula is C14H28N2O2. The van der Waals surface area contributed by atoms with Crippen LogP contribution in [0.1, 0.15) is 46.5 Å². The molecular weight excluding hydrogens is 228 g/mol. The molecule has 0 atom stereocenters. The molecule has 0 spiro atoms. The van der Waals surface area contributed by atoms with Crippen LogP contribution in [0.2, 0.25) is 0 Å². The maximum absolute atomic E-state index is 11.7. The second kappa shape index (κ2) is 7.74. The third-order valence-corrected chi connectivity index (χ3v) is 3.69. The lowest BCUT2D eigenvalue weighted by Gasteiger charge is -2.42. The smallest absolute Gasteiger partial charge is 0.307 e. The Balaban J connectivity index is 2.52. The number of ether oxygens (including phenoxy) is 1. The van der Waals surface area contributed by atoms with Crippen molar-refractivity contribution in [2.45, 2.75) is 52.0 Å². The summed E-state index contributed by atoms with van der Waals surface area (Å²) >= 11 is 0. The van der Waals surface area contributed by atoms with Gasteiger partial charge < -0.3 is 15.0 Å². The number of nitrogens with zero attached hydrogens (tertiary/aromatic N) is 1. The van der Waals surface area contributed by atoms with Gasteiger partial charge >= 0.3 is 5.97 Å². The lowest BCUT2D eigenvalue weighted by molar-refractivity contribution is -0.145. The van der Waals surface area contributed by atoms with E-state index in [1.165, 1.54) is 13.0 Å². The highest BCUT2D eigenvalue weighted by molar-refractivity contribution is 5.71. The molecule has 0 aromatic heterocycles. The highest BCUT2D eigenvalue weighted by Crippen LogP contribution is 2.26. The molecule has 0 amide bonds. The number of piperidine rings is 1. The summed E-state index contributed by atoms with van der Waals surface area (Å²) in [6.07, 6.45) is 3.79. The Morgan fingerprint density at radius 2 is 1.94 bits per heavy atom. The molecule has 4 heteroatoms. The van der Waals surface area contributed by atoms with E-state index in [0.29, 0.717) is 13.0 Å². The van der Waals surface area contributed by atoms with Crippen LogP contribution < -0.4 is 5.32 Å². The van der Waals surface area contributed by atoms with Gasteiger partial charge in [-0.25, -0.2) is 0 Å². The van der Waals surface area contributed by atoms with Crippen LogP contribution in [0.4, 0.5) is 0 Å². The van der Waals surface area contributed by atoms with Crippen molar-refractivity contribution in [2.24, 2.45) is 0 Å². The van der Waals surface area contributed by atoms with Crippen molar-refractivity contribution < 1.29 is 9.53 Å². The molecule has 0 unspecified atom stereocenters. The first-order valence-corrected chi connectivity index (χ1v) is 7.28. The largest absolute Gasteiger partial charge is 0.466 e. The fourth-order valence-electron chi connectivity index (χ4n) is 2.80. The van der Waals surface area contributed by atoms with Crippen LogP contribution in [0.15, 0.2) is 0 Å². The summed E-state index contributed by atoms with van der Waals surface area (Å²) in [6, 6.07) is 0. The molecule has 0 bridgehead atoms. The third-order valence-electron chi connectivity index (χ3n) is 3.69. The fraction of sp³-hybridized carbons (Fsp3) is 0.929. The van der Waals surface area contributed by atoms with E-state index in [9.17, 15) is 4.79 Å². The summed E-state index contributed by atoms with van der Waals surface area (Å²) < 4.78 is 5.10. The molecule has 1 saturated heterocycles. The predicted octanol–water partition coefficient (Wildman–Crippen LogP) is 1.79. The van der Waals surface area contributed by atoms with Crippen molar-refractivity contribution >= 4 is 5.97 Å². The van der Waals surface area contributed by atoms with Crippen molar-refractivity contribution in [2.75, 3.05) is 32.8 Å². The van der Waals surface area contributed by atoms with Crippen molar-refractivity contribution in [3.05, 3.63) is 0 Å². The molecule has 0 aliphatic carbocycles. The summed E-state index contributed by atoms with van der Waals surface area (Å²) in [6.45, 7) is 10.9. The lowest BCUT2D eigenvalue weighted by Crippen LogP contribution is -2.54. The number of nitrogens with one attached hydrogen (secondary N) is 1.